The molecule has 1 aromatic carbocycles. The third-order valence-corrected chi connectivity index (χ3v) is 3.03. The van der Waals surface area contributed by atoms with E-state index in [2.05, 4.69) is 57.2 Å². The molecule has 0 amide bonds. The van der Waals surface area contributed by atoms with E-state index in [0.717, 1.165) is 12.8 Å². The monoisotopic (exact) mass is 232 g/mol. The molecule has 0 aliphatic rings. The molecule has 1 rings (SSSR count). The number of hydrogen-bond acceptors (Lipinski definition) is 1. The highest BCUT2D eigenvalue weighted by molar-refractivity contribution is 5.50. The van der Waals surface area contributed by atoms with E-state index in [-0.39, 0.29) is 6.61 Å². The number of aliphatic hydroxyl groups excluding tert-OH is 1. The largest absolute Gasteiger partial charge is 0.396 e. The number of hydrogen-bond donors (Lipinski definition) is 1. The molecule has 1 heteroatoms. The smallest absolute Gasteiger partial charge is 0.0456 e. The van der Waals surface area contributed by atoms with Crippen molar-refractivity contribution in [1.29, 1.82) is 0 Å². The molecule has 94 valence electrons. The predicted molar refractivity (Wildman–Crippen MR) is 75.0 cm³/mol. The summed E-state index contributed by atoms with van der Waals surface area (Å²) in [5, 5.41) is 8.92. The summed E-state index contributed by atoms with van der Waals surface area (Å²) in [5.74, 6) is 0.986. The molecule has 0 fully saturated rings. The quantitative estimate of drug-likeness (QED) is 0.778. The van der Waals surface area contributed by atoms with E-state index in [0.29, 0.717) is 11.8 Å². The van der Waals surface area contributed by atoms with Crippen molar-refractivity contribution in [3.63, 3.8) is 0 Å². The maximum atomic E-state index is 8.92. The second kappa shape index (κ2) is 7.29. The Morgan fingerprint density at radius 2 is 2.00 bits per heavy atom. The molecule has 0 saturated heterocycles. The summed E-state index contributed by atoms with van der Waals surface area (Å²) in [7, 11) is 0. The molecule has 0 aromatic heterocycles. The van der Waals surface area contributed by atoms with Gasteiger partial charge in [0.15, 0.2) is 0 Å². The Labute approximate surface area is 105 Å². The van der Waals surface area contributed by atoms with Gasteiger partial charge in [0.1, 0.15) is 0 Å². The lowest BCUT2D eigenvalue weighted by Gasteiger charge is -2.06. The molecule has 1 N–H and O–H groups in total. The van der Waals surface area contributed by atoms with Gasteiger partial charge in [-0.15, -0.1) is 0 Å². The highest BCUT2D eigenvalue weighted by atomic mass is 16.3. The molecule has 1 nitrogen and oxygen atoms in total. The molecular formula is C16H24O. The van der Waals surface area contributed by atoms with E-state index in [1.165, 1.54) is 11.1 Å². The third kappa shape index (κ3) is 5.18. The number of allylic oxidation sites excluding steroid dienone is 1. The van der Waals surface area contributed by atoms with E-state index < -0.39 is 0 Å². The average molecular weight is 232 g/mol. The van der Waals surface area contributed by atoms with Gasteiger partial charge in [-0.1, -0.05) is 57.2 Å². The van der Waals surface area contributed by atoms with E-state index >= 15 is 0 Å². The Kier molecular flexibility index (Phi) is 5.99. The second-order valence-corrected chi connectivity index (χ2v) is 5.09. The summed E-state index contributed by atoms with van der Waals surface area (Å²) < 4.78 is 0. The molecule has 0 saturated carbocycles. The minimum atomic E-state index is 0.288. The summed E-state index contributed by atoms with van der Waals surface area (Å²) in [6.07, 6.45) is 6.46. The fourth-order valence-corrected chi connectivity index (χ4v) is 1.71. The molecule has 0 aliphatic carbocycles. The van der Waals surface area contributed by atoms with E-state index in [9.17, 15) is 0 Å². The van der Waals surface area contributed by atoms with Crippen LogP contribution in [0.2, 0.25) is 0 Å². The van der Waals surface area contributed by atoms with Crippen LogP contribution in [0.4, 0.5) is 0 Å². The van der Waals surface area contributed by atoms with Crippen molar-refractivity contribution in [2.24, 2.45) is 5.92 Å². The van der Waals surface area contributed by atoms with Gasteiger partial charge in [0.2, 0.25) is 0 Å². The molecule has 0 aliphatic heterocycles. The molecular weight excluding hydrogens is 208 g/mol. The first-order chi connectivity index (χ1) is 8.13. The Balaban J connectivity index is 2.50. The summed E-state index contributed by atoms with van der Waals surface area (Å²) in [6, 6.07) is 8.68. The fraction of sp³-hybridized carbons (Fsp3) is 0.500. The Bertz CT molecular complexity index is 352. The van der Waals surface area contributed by atoms with Gasteiger partial charge in [-0.3, -0.25) is 0 Å². The van der Waals surface area contributed by atoms with Gasteiger partial charge in [0.05, 0.1) is 0 Å². The minimum Gasteiger partial charge on any atom is -0.396 e. The molecule has 0 spiro atoms. The lowest BCUT2D eigenvalue weighted by atomic mass is 10.0. The number of benzene rings is 1. The molecule has 1 aromatic rings. The lowest BCUT2D eigenvalue weighted by molar-refractivity contribution is 0.231. The van der Waals surface area contributed by atoms with Crippen LogP contribution in [0, 0.1) is 5.92 Å². The average Bonchev–Trinajstić information content (AvgIpc) is 2.34. The van der Waals surface area contributed by atoms with Crippen molar-refractivity contribution in [1.82, 2.24) is 0 Å². The van der Waals surface area contributed by atoms with Crippen LogP contribution in [0.1, 0.15) is 50.7 Å². The van der Waals surface area contributed by atoms with Crippen molar-refractivity contribution in [2.45, 2.75) is 39.5 Å². The van der Waals surface area contributed by atoms with E-state index in [4.69, 9.17) is 5.11 Å². The lowest BCUT2D eigenvalue weighted by Crippen LogP contribution is -1.98. The Morgan fingerprint density at radius 3 is 2.65 bits per heavy atom. The van der Waals surface area contributed by atoms with Gasteiger partial charge < -0.3 is 5.11 Å². The van der Waals surface area contributed by atoms with Crippen LogP contribution in [0.15, 0.2) is 30.3 Å². The van der Waals surface area contributed by atoms with Crippen LogP contribution in [0.3, 0.4) is 0 Å². The first-order valence-corrected chi connectivity index (χ1v) is 6.51. The van der Waals surface area contributed by atoms with Gasteiger partial charge in [0, 0.05) is 6.61 Å². The maximum Gasteiger partial charge on any atom is 0.0456 e. The second-order valence-electron chi connectivity index (χ2n) is 5.09. The van der Waals surface area contributed by atoms with Crippen LogP contribution in [-0.2, 0) is 0 Å². The number of rotatable bonds is 6. The SMILES string of the molecule is CC(C)c1cccc(/C=C/CC[C@H](C)CO)c1. The fourth-order valence-electron chi connectivity index (χ4n) is 1.71. The highest BCUT2D eigenvalue weighted by Crippen LogP contribution is 2.16. The van der Waals surface area contributed by atoms with Crippen LogP contribution < -0.4 is 0 Å². The van der Waals surface area contributed by atoms with Crippen molar-refractivity contribution in [3.8, 4) is 0 Å². The maximum absolute atomic E-state index is 8.92. The first kappa shape index (κ1) is 14.0. The molecule has 0 unspecified atom stereocenters. The summed E-state index contributed by atoms with van der Waals surface area (Å²) in [4.78, 5) is 0. The zero-order chi connectivity index (χ0) is 12.7. The topological polar surface area (TPSA) is 20.2 Å². The highest BCUT2D eigenvalue weighted by Gasteiger charge is 1.99. The molecule has 0 radical (unpaired) electrons. The Hall–Kier alpha value is -1.08. The van der Waals surface area contributed by atoms with Crippen molar-refractivity contribution >= 4 is 6.08 Å². The zero-order valence-corrected chi connectivity index (χ0v) is 11.2. The normalized spacial score (nSPS) is 13.5. The van der Waals surface area contributed by atoms with Gasteiger partial charge >= 0.3 is 0 Å². The molecule has 0 heterocycles. The van der Waals surface area contributed by atoms with E-state index in [1.54, 1.807) is 0 Å². The minimum absolute atomic E-state index is 0.288. The molecule has 17 heavy (non-hydrogen) atoms. The van der Waals surface area contributed by atoms with Crippen molar-refractivity contribution in [2.75, 3.05) is 6.61 Å². The Morgan fingerprint density at radius 1 is 1.24 bits per heavy atom. The van der Waals surface area contributed by atoms with Gasteiger partial charge in [0.25, 0.3) is 0 Å². The van der Waals surface area contributed by atoms with Crippen molar-refractivity contribution < 1.29 is 5.11 Å². The zero-order valence-electron chi connectivity index (χ0n) is 11.2. The predicted octanol–water partition coefficient (Wildman–Crippen LogP) is 4.23. The molecule has 0 bridgehead atoms. The summed E-state index contributed by atoms with van der Waals surface area (Å²) in [5.41, 5.74) is 2.66. The summed E-state index contributed by atoms with van der Waals surface area (Å²) >= 11 is 0. The van der Waals surface area contributed by atoms with E-state index in [1.807, 2.05) is 0 Å². The third-order valence-electron chi connectivity index (χ3n) is 3.03. The standard InChI is InChI=1S/C16H24O/c1-13(2)16-10-6-9-15(11-16)8-5-4-7-14(3)12-17/h5-6,8-11,13-14,17H,4,7,12H2,1-3H3/b8-5+/t14-/m0/s1. The van der Waals surface area contributed by atoms with Crippen LogP contribution in [-0.4, -0.2) is 11.7 Å². The first-order valence-electron chi connectivity index (χ1n) is 6.51. The van der Waals surface area contributed by atoms with Gasteiger partial charge in [-0.2, -0.15) is 0 Å². The molecule has 1 atom stereocenters. The van der Waals surface area contributed by atoms with Crippen LogP contribution in [0.5, 0.6) is 0 Å². The number of aliphatic hydroxyl groups is 1. The van der Waals surface area contributed by atoms with Crippen LogP contribution >= 0.6 is 0 Å². The summed E-state index contributed by atoms with van der Waals surface area (Å²) in [6.45, 7) is 6.79. The van der Waals surface area contributed by atoms with Gasteiger partial charge in [-0.05, 0) is 35.8 Å². The van der Waals surface area contributed by atoms with Crippen LogP contribution in [0.25, 0.3) is 6.08 Å². The van der Waals surface area contributed by atoms with Gasteiger partial charge in [-0.25, -0.2) is 0 Å². The van der Waals surface area contributed by atoms with Crippen molar-refractivity contribution in [3.05, 3.63) is 41.5 Å².